The Bertz CT molecular complexity index is 361. The molecular weight excluding hydrogens is 210 g/mol. The second-order valence-corrected chi connectivity index (χ2v) is 4.77. The topological polar surface area (TPSA) is 35.2 Å². The first kappa shape index (κ1) is 10.8. The van der Waals surface area contributed by atoms with Gasteiger partial charge in [-0.2, -0.15) is 0 Å². The van der Waals surface area contributed by atoms with Crippen LogP contribution in [0, 0.1) is 5.41 Å². The number of benzene rings is 1. The Morgan fingerprint density at radius 2 is 2.20 bits per heavy atom. The second-order valence-electron chi connectivity index (χ2n) is 4.34. The van der Waals surface area contributed by atoms with E-state index in [2.05, 4.69) is 0 Å². The molecular formula is C12H16ClNO. The van der Waals surface area contributed by atoms with Crippen molar-refractivity contribution in [3.8, 4) is 5.75 Å². The molecule has 2 N–H and O–H groups in total. The molecule has 0 aromatic heterocycles. The highest BCUT2D eigenvalue weighted by atomic mass is 35.5. The average molecular weight is 226 g/mol. The lowest BCUT2D eigenvalue weighted by Gasteiger charge is -2.15. The molecule has 0 unspecified atom stereocenters. The second kappa shape index (κ2) is 4.03. The van der Waals surface area contributed by atoms with E-state index in [1.165, 1.54) is 18.4 Å². The number of hydrogen-bond acceptors (Lipinski definition) is 2. The molecule has 1 aliphatic rings. The Labute approximate surface area is 95.4 Å². The number of rotatable bonds is 4. The minimum atomic E-state index is 0.317. The summed E-state index contributed by atoms with van der Waals surface area (Å²) in [5.74, 6) is 0.916. The highest BCUT2D eigenvalue weighted by molar-refractivity contribution is 6.30. The molecule has 1 aliphatic carbocycles. The van der Waals surface area contributed by atoms with Gasteiger partial charge in [0, 0.05) is 5.02 Å². The van der Waals surface area contributed by atoms with Gasteiger partial charge in [0.05, 0.1) is 7.11 Å². The van der Waals surface area contributed by atoms with Crippen LogP contribution in [0.25, 0.3) is 0 Å². The summed E-state index contributed by atoms with van der Waals surface area (Å²) in [6.07, 6.45) is 3.42. The first-order chi connectivity index (χ1) is 7.19. The van der Waals surface area contributed by atoms with Crippen molar-refractivity contribution in [2.45, 2.75) is 19.3 Å². The smallest absolute Gasteiger partial charge is 0.122 e. The molecule has 0 radical (unpaired) electrons. The molecule has 1 aromatic carbocycles. The van der Waals surface area contributed by atoms with Crippen molar-refractivity contribution in [2.75, 3.05) is 13.7 Å². The van der Waals surface area contributed by atoms with Crippen LogP contribution in [0.4, 0.5) is 0 Å². The van der Waals surface area contributed by atoms with Crippen molar-refractivity contribution in [2.24, 2.45) is 11.1 Å². The number of halogens is 1. The molecule has 2 rings (SSSR count). The SMILES string of the molecule is COc1ccc(Cl)cc1CC1(CN)CC1. The zero-order valence-electron chi connectivity index (χ0n) is 8.92. The Morgan fingerprint density at radius 1 is 1.47 bits per heavy atom. The van der Waals surface area contributed by atoms with Crippen LogP contribution in [0.5, 0.6) is 5.75 Å². The van der Waals surface area contributed by atoms with Crippen LogP contribution in [0.2, 0.25) is 5.02 Å². The minimum Gasteiger partial charge on any atom is -0.496 e. The van der Waals surface area contributed by atoms with Crippen molar-refractivity contribution >= 4 is 11.6 Å². The van der Waals surface area contributed by atoms with Gasteiger partial charge in [0.15, 0.2) is 0 Å². The first-order valence-corrected chi connectivity index (χ1v) is 5.59. The lowest BCUT2D eigenvalue weighted by molar-refractivity contribution is 0.402. The number of methoxy groups -OCH3 is 1. The third-order valence-corrected chi connectivity index (χ3v) is 3.43. The normalized spacial score (nSPS) is 17.5. The highest BCUT2D eigenvalue weighted by Gasteiger charge is 2.41. The molecule has 2 nitrogen and oxygen atoms in total. The van der Waals surface area contributed by atoms with E-state index < -0.39 is 0 Å². The molecule has 15 heavy (non-hydrogen) atoms. The fourth-order valence-corrected chi connectivity index (χ4v) is 2.11. The predicted octanol–water partition coefficient (Wildman–Crippen LogP) is 2.63. The van der Waals surface area contributed by atoms with Gasteiger partial charge in [0.2, 0.25) is 0 Å². The fourth-order valence-electron chi connectivity index (χ4n) is 1.92. The lowest BCUT2D eigenvalue weighted by atomic mass is 9.96. The van der Waals surface area contributed by atoms with E-state index >= 15 is 0 Å². The maximum absolute atomic E-state index is 5.98. The first-order valence-electron chi connectivity index (χ1n) is 5.22. The van der Waals surface area contributed by atoms with E-state index in [1.54, 1.807) is 7.11 Å². The van der Waals surface area contributed by atoms with E-state index in [1.807, 2.05) is 18.2 Å². The van der Waals surface area contributed by atoms with Crippen LogP contribution in [-0.4, -0.2) is 13.7 Å². The number of hydrogen-bond donors (Lipinski definition) is 1. The summed E-state index contributed by atoms with van der Waals surface area (Å²) >= 11 is 5.98. The summed E-state index contributed by atoms with van der Waals surface area (Å²) in [6.45, 7) is 0.753. The standard InChI is InChI=1S/C12H16ClNO/c1-15-11-3-2-10(13)6-9(11)7-12(8-14)4-5-12/h2-3,6H,4-5,7-8,14H2,1H3. The van der Waals surface area contributed by atoms with Gasteiger partial charge in [-0.05, 0) is 55.0 Å². The van der Waals surface area contributed by atoms with Gasteiger partial charge in [-0.3, -0.25) is 0 Å². The maximum atomic E-state index is 5.98. The van der Waals surface area contributed by atoms with E-state index in [0.717, 1.165) is 23.7 Å². The zero-order chi connectivity index (χ0) is 10.9. The summed E-state index contributed by atoms with van der Waals surface area (Å²) in [6, 6.07) is 5.76. The van der Waals surface area contributed by atoms with E-state index in [0.29, 0.717) is 5.41 Å². The van der Waals surface area contributed by atoms with Crippen molar-refractivity contribution in [3.05, 3.63) is 28.8 Å². The van der Waals surface area contributed by atoms with Crippen molar-refractivity contribution in [1.29, 1.82) is 0 Å². The van der Waals surface area contributed by atoms with Gasteiger partial charge in [-0.25, -0.2) is 0 Å². The monoisotopic (exact) mass is 225 g/mol. The van der Waals surface area contributed by atoms with Gasteiger partial charge in [0.1, 0.15) is 5.75 Å². The molecule has 0 spiro atoms. The molecule has 1 saturated carbocycles. The molecule has 0 bridgehead atoms. The predicted molar refractivity (Wildman–Crippen MR) is 62.4 cm³/mol. The summed E-state index contributed by atoms with van der Waals surface area (Å²) < 4.78 is 5.32. The summed E-state index contributed by atoms with van der Waals surface area (Å²) in [5.41, 5.74) is 7.26. The molecule has 0 saturated heterocycles. The molecule has 0 heterocycles. The Morgan fingerprint density at radius 3 is 2.73 bits per heavy atom. The van der Waals surface area contributed by atoms with Crippen molar-refractivity contribution in [3.63, 3.8) is 0 Å². The largest absolute Gasteiger partial charge is 0.496 e. The van der Waals surface area contributed by atoms with E-state index in [9.17, 15) is 0 Å². The Kier molecular flexibility index (Phi) is 2.89. The van der Waals surface area contributed by atoms with Crippen molar-refractivity contribution in [1.82, 2.24) is 0 Å². The number of ether oxygens (including phenoxy) is 1. The molecule has 1 aromatic rings. The molecule has 82 valence electrons. The highest BCUT2D eigenvalue weighted by Crippen LogP contribution is 2.48. The van der Waals surface area contributed by atoms with Gasteiger partial charge in [-0.1, -0.05) is 11.6 Å². The molecule has 1 fully saturated rings. The summed E-state index contributed by atoms with van der Waals surface area (Å²) in [4.78, 5) is 0. The summed E-state index contributed by atoms with van der Waals surface area (Å²) in [7, 11) is 1.69. The lowest BCUT2D eigenvalue weighted by Crippen LogP contribution is -2.18. The summed E-state index contributed by atoms with van der Waals surface area (Å²) in [5, 5.41) is 0.763. The quantitative estimate of drug-likeness (QED) is 0.855. The molecule has 0 amide bonds. The molecule has 3 heteroatoms. The van der Waals surface area contributed by atoms with Crippen LogP contribution in [0.3, 0.4) is 0 Å². The minimum absolute atomic E-state index is 0.317. The van der Waals surface area contributed by atoms with Crippen LogP contribution in [0.1, 0.15) is 18.4 Å². The fraction of sp³-hybridized carbons (Fsp3) is 0.500. The Hall–Kier alpha value is -0.730. The average Bonchev–Trinajstić information content (AvgIpc) is 2.99. The zero-order valence-corrected chi connectivity index (χ0v) is 9.68. The molecule has 0 aliphatic heterocycles. The van der Waals surface area contributed by atoms with Crippen LogP contribution >= 0.6 is 11.6 Å². The molecule has 0 atom stereocenters. The maximum Gasteiger partial charge on any atom is 0.122 e. The third-order valence-electron chi connectivity index (χ3n) is 3.20. The van der Waals surface area contributed by atoms with Gasteiger partial charge in [0.25, 0.3) is 0 Å². The number of nitrogens with two attached hydrogens (primary N) is 1. The van der Waals surface area contributed by atoms with E-state index in [-0.39, 0.29) is 0 Å². The van der Waals surface area contributed by atoms with Crippen molar-refractivity contribution < 1.29 is 4.74 Å². The van der Waals surface area contributed by atoms with Crippen LogP contribution < -0.4 is 10.5 Å². The van der Waals surface area contributed by atoms with Crippen LogP contribution in [0.15, 0.2) is 18.2 Å². The third kappa shape index (κ3) is 2.27. The van der Waals surface area contributed by atoms with Gasteiger partial charge < -0.3 is 10.5 Å². The van der Waals surface area contributed by atoms with E-state index in [4.69, 9.17) is 22.1 Å². The Balaban J connectivity index is 2.22. The van der Waals surface area contributed by atoms with Gasteiger partial charge in [-0.15, -0.1) is 0 Å². The van der Waals surface area contributed by atoms with Crippen LogP contribution in [-0.2, 0) is 6.42 Å². The van der Waals surface area contributed by atoms with Gasteiger partial charge >= 0.3 is 0 Å².